The molecule has 4 rings (SSSR count). The molecule has 0 saturated heterocycles. The molecule has 0 spiro atoms. The van der Waals surface area contributed by atoms with Crippen LogP contribution in [0, 0.1) is 17.5 Å². The number of halogens is 3. The number of benzene rings is 2. The maximum atomic E-state index is 14.2. The van der Waals surface area contributed by atoms with E-state index >= 15 is 0 Å². The highest BCUT2D eigenvalue weighted by atomic mass is 19.2. The number of aromatic nitrogens is 5. The Morgan fingerprint density at radius 2 is 1.82 bits per heavy atom. The van der Waals surface area contributed by atoms with Crippen LogP contribution >= 0.6 is 0 Å². The summed E-state index contributed by atoms with van der Waals surface area (Å²) in [7, 11) is 0. The third-order valence-electron chi connectivity index (χ3n) is 4.06. The first-order chi connectivity index (χ1) is 13.5. The summed E-state index contributed by atoms with van der Waals surface area (Å²) in [6.07, 6.45) is 1.34. The Labute approximate surface area is 155 Å². The Morgan fingerprint density at radius 1 is 1.00 bits per heavy atom. The van der Waals surface area contributed by atoms with E-state index in [0.717, 1.165) is 22.9 Å². The molecule has 28 heavy (non-hydrogen) atoms. The average Bonchev–Trinajstić information content (AvgIpc) is 3.16. The number of aromatic hydroxyl groups is 1. The lowest BCUT2D eigenvalue weighted by molar-refractivity contribution is 0.475. The Kier molecular flexibility index (Phi) is 4.15. The predicted molar refractivity (Wildman–Crippen MR) is 93.8 cm³/mol. The van der Waals surface area contributed by atoms with E-state index in [9.17, 15) is 18.3 Å². The molecule has 0 saturated carbocycles. The summed E-state index contributed by atoms with van der Waals surface area (Å²) in [6.45, 7) is 0. The maximum Gasteiger partial charge on any atom is 0.190 e. The summed E-state index contributed by atoms with van der Waals surface area (Å²) in [5.74, 6) is -2.93. The number of pyridine rings is 1. The van der Waals surface area contributed by atoms with E-state index in [0.29, 0.717) is 5.56 Å². The summed E-state index contributed by atoms with van der Waals surface area (Å²) in [4.78, 5) is 4.02. The van der Waals surface area contributed by atoms with E-state index in [-0.39, 0.29) is 34.2 Å². The topological polar surface area (TPSA) is 103 Å². The first-order valence-corrected chi connectivity index (χ1v) is 7.93. The van der Waals surface area contributed by atoms with Gasteiger partial charge in [-0.05, 0) is 46.8 Å². The van der Waals surface area contributed by atoms with Crippen molar-refractivity contribution in [2.45, 2.75) is 0 Å². The third kappa shape index (κ3) is 2.90. The molecule has 0 radical (unpaired) electrons. The molecule has 0 amide bonds. The standard InChI is InChI=1S/C18H11F3N6O/c19-10-4-5-15(28)11(7-10)9-6-12(17(22)23-8-9)18-24-25-26-27(18)14-3-1-2-13(20)16(14)21/h1-8,28H,(H2,22,23). The van der Waals surface area contributed by atoms with E-state index < -0.39 is 17.5 Å². The second kappa shape index (κ2) is 6.65. The quantitative estimate of drug-likeness (QED) is 0.563. The highest BCUT2D eigenvalue weighted by Crippen LogP contribution is 2.34. The van der Waals surface area contributed by atoms with Crippen molar-refractivity contribution in [2.24, 2.45) is 0 Å². The van der Waals surface area contributed by atoms with Gasteiger partial charge in [-0.2, -0.15) is 4.68 Å². The number of tetrazole rings is 1. The number of hydrogen-bond acceptors (Lipinski definition) is 6. The number of phenolic OH excluding ortho intramolecular Hbond substituents is 1. The molecule has 0 aliphatic rings. The van der Waals surface area contributed by atoms with Gasteiger partial charge in [-0.15, -0.1) is 5.10 Å². The summed E-state index contributed by atoms with van der Waals surface area (Å²) in [5.41, 5.74) is 6.38. The van der Waals surface area contributed by atoms with Crippen LogP contribution < -0.4 is 5.73 Å². The van der Waals surface area contributed by atoms with Gasteiger partial charge in [0, 0.05) is 17.3 Å². The first kappa shape index (κ1) is 17.5. The Hall–Kier alpha value is -3.95. The zero-order valence-corrected chi connectivity index (χ0v) is 14.0. The van der Waals surface area contributed by atoms with Crippen molar-refractivity contribution < 1.29 is 18.3 Å². The lowest BCUT2D eigenvalue weighted by atomic mass is 10.0. The van der Waals surface area contributed by atoms with Crippen LogP contribution in [-0.4, -0.2) is 30.3 Å². The molecule has 0 aliphatic heterocycles. The average molecular weight is 384 g/mol. The van der Waals surface area contributed by atoms with Crippen molar-refractivity contribution >= 4 is 5.82 Å². The van der Waals surface area contributed by atoms with Crippen LogP contribution in [0.25, 0.3) is 28.2 Å². The van der Waals surface area contributed by atoms with Crippen molar-refractivity contribution in [1.29, 1.82) is 0 Å². The molecule has 2 aromatic heterocycles. The molecule has 3 N–H and O–H groups in total. The van der Waals surface area contributed by atoms with Gasteiger partial charge in [0.15, 0.2) is 17.5 Å². The van der Waals surface area contributed by atoms with Gasteiger partial charge in [0.25, 0.3) is 0 Å². The van der Waals surface area contributed by atoms with E-state index in [1.165, 1.54) is 30.5 Å². The first-order valence-electron chi connectivity index (χ1n) is 7.93. The van der Waals surface area contributed by atoms with Crippen molar-refractivity contribution in [3.05, 3.63) is 66.1 Å². The zero-order valence-electron chi connectivity index (χ0n) is 14.0. The van der Waals surface area contributed by atoms with Gasteiger partial charge >= 0.3 is 0 Å². The van der Waals surface area contributed by atoms with Gasteiger partial charge in [0.05, 0.1) is 5.56 Å². The molecule has 4 aromatic rings. The summed E-state index contributed by atoms with van der Waals surface area (Å²) in [6, 6.07) is 8.47. The van der Waals surface area contributed by atoms with Crippen LogP contribution in [-0.2, 0) is 0 Å². The third-order valence-corrected chi connectivity index (χ3v) is 4.06. The predicted octanol–water partition coefficient (Wildman–Crippen LogP) is 3.10. The number of phenols is 1. The van der Waals surface area contributed by atoms with Crippen LogP contribution in [0.15, 0.2) is 48.7 Å². The molecule has 0 atom stereocenters. The van der Waals surface area contributed by atoms with Crippen LogP contribution in [0.2, 0.25) is 0 Å². The van der Waals surface area contributed by atoms with Crippen LogP contribution in [0.3, 0.4) is 0 Å². The highest BCUT2D eigenvalue weighted by molar-refractivity contribution is 5.78. The zero-order chi connectivity index (χ0) is 19.8. The Bertz CT molecular complexity index is 1190. The van der Waals surface area contributed by atoms with Gasteiger partial charge in [-0.25, -0.2) is 18.2 Å². The van der Waals surface area contributed by atoms with Crippen molar-refractivity contribution in [1.82, 2.24) is 25.2 Å². The fraction of sp³-hybridized carbons (Fsp3) is 0. The second-order valence-electron chi connectivity index (χ2n) is 5.81. The molecule has 2 heterocycles. The van der Waals surface area contributed by atoms with Gasteiger partial charge in [0.1, 0.15) is 23.1 Å². The van der Waals surface area contributed by atoms with Crippen LogP contribution in [0.1, 0.15) is 0 Å². The van der Waals surface area contributed by atoms with Crippen molar-refractivity contribution in [2.75, 3.05) is 5.73 Å². The van der Waals surface area contributed by atoms with Gasteiger partial charge in [0.2, 0.25) is 0 Å². The monoisotopic (exact) mass is 384 g/mol. The molecule has 0 fully saturated rings. The largest absolute Gasteiger partial charge is 0.507 e. The fourth-order valence-corrected chi connectivity index (χ4v) is 2.71. The van der Waals surface area contributed by atoms with E-state index in [1.807, 2.05) is 0 Å². The Balaban J connectivity index is 1.89. The number of rotatable bonds is 3. The molecule has 0 unspecified atom stereocenters. The smallest absolute Gasteiger partial charge is 0.190 e. The van der Waals surface area contributed by atoms with E-state index in [2.05, 4.69) is 20.5 Å². The number of nitrogens with zero attached hydrogens (tertiary/aromatic N) is 5. The van der Waals surface area contributed by atoms with Gasteiger partial charge < -0.3 is 10.8 Å². The van der Waals surface area contributed by atoms with Crippen LogP contribution in [0.4, 0.5) is 19.0 Å². The van der Waals surface area contributed by atoms with E-state index in [1.54, 1.807) is 0 Å². The molecule has 140 valence electrons. The molecule has 10 heteroatoms. The lowest BCUT2D eigenvalue weighted by Gasteiger charge is -2.10. The molecule has 7 nitrogen and oxygen atoms in total. The summed E-state index contributed by atoms with van der Waals surface area (Å²) < 4.78 is 42.3. The minimum Gasteiger partial charge on any atom is -0.507 e. The van der Waals surface area contributed by atoms with Gasteiger partial charge in [-0.3, -0.25) is 0 Å². The molecule has 0 bridgehead atoms. The van der Waals surface area contributed by atoms with Crippen molar-refractivity contribution in [3.63, 3.8) is 0 Å². The maximum absolute atomic E-state index is 14.2. The van der Waals surface area contributed by atoms with Gasteiger partial charge in [-0.1, -0.05) is 6.07 Å². The number of anilines is 1. The second-order valence-corrected chi connectivity index (χ2v) is 5.81. The number of nitrogens with two attached hydrogens (primary N) is 1. The van der Waals surface area contributed by atoms with Crippen LogP contribution in [0.5, 0.6) is 5.75 Å². The highest BCUT2D eigenvalue weighted by Gasteiger charge is 2.20. The normalized spacial score (nSPS) is 11.0. The fourth-order valence-electron chi connectivity index (χ4n) is 2.71. The van der Waals surface area contributed by atoms with Crippen molar-refractivity contribution in [3.8, 4) is 34.0 Å². The summed E-state index contributed by atoms with van der Waals surface area (Å²) >= 11 is 0. The molecular weight excluding hydrogens is 373 g/mol. The van der Waals surface area contributed by atoms with E-state index in [4.69, 9.17) is 5.73 Å². The minimum atomic E-state index is -1.14. The number of nitrogen functional groups attached to an aromatic ring is 1. The molecular formula is C18H11F3N6O. The number of hydrogen-bond donors (Lipinski definition) is 2. The SMILES string of the molecule is Nc1ncc(-c2cc(F)ccc2O)cc1-c1nnnn1-c1cccc(F)c1F. The summed E-state index contributed by atoms with van der Waals surface area (Å²) in [5, 5.41) is 21.0. The minimum absolute atomic E-state index is 0.00695. The molecule has 2 aromatic carbocycles. The molecule has 0 aliphatic carbocycles. The Morgan fingerprint density at radius 3 is 2.64 bits per heavy atom. The lowest BCUT2D eigenvalue weighted by Crippen LogP contribution is -2.06.